The molecule has 1 unspecified atom stereocenters. The maximum Gasteiger partial charge on any atom is 0.325 e. The Hall–Kier alpha value is -3.22. The van der Waals surface area contributed by atoms with Gasteiger partial charge in [0, 0.05) is 40.2 Å². The van der Waals surface area contributed by atoms with Crippen molar-refractivity contribution < 1.29 is 4.79 Å². The molecule has 1 atom stereocenters. The van der Waals surface area contributed by atoms with Crippen LogP contribution in [0.1, 0.15) is 22.3 Å². The van der Waals surface area contributed by atoms with Gasteiger partial charge in [0.05, 0.1) is 11.2 Å². The third-order valence-corrected chi connectivity index (χ3v) is 5.96. The zero-order chi connectivity index (χ0) is 21.5. The van der Waals surface area contributed by atoms with E-state index in [0.29, 0.717) is 38.9 Å². The predicted octanol–water partition coefficient (Wildman–Crippen LogP) is 4.13. The number of benzene rings is 2. The van der Waals surface area contributed by atoms with Crippen molar-refractivity contribution in [3.63, 3.8) is 0 Å². The number of aromatic amines is 2. The molecule has 0 bridgehead atoms. The minimum Gasteiger partial charge on any atom is -0.304 e. The van der Waals surface area contributed by atoms with Gasteiger partial charge in [0.1, 0.15) is 6.04 Å². The van der Waals surface area contributed by atoms with Crippen molar-refractivity contribution in [1.29, 1.82) is 0 Å². The van der Waals surface area contributed by atoms with Crippen molar-refractivity contribution >= 4 is 45.9 Å². The molecule has 3 heterocycles. The van der Waals surface area contributed by atoms with Gasteiger partial charge in [-0.1, -0.05) is 47.5 Å². The van der Waals surface area contributed by atoms with Crippen LogP contribution in [0.5, 0.6) is 0 Å². The fraction of sp³-hybridized carbons (Fsp3) is 0.130. The zero-order valence-electron chi connectivity index (χ0n) is 16.2. The molecule has 0 aliphatic carbocycles. The van der Waals surface area contributed by atoms with E-state index in [2.05, 4.69) is 15.0 Å². The lowest BCUT2D eigenvalue weighted by Gasteiger charge is -2.13. The lowest BCUT2D eigenvalue weighted by molar-refractivity contribution is -0.119. The quantitative estimate of drug-likeness (QED) is 0.491. The molecule has 2 aromatic carbocycles. The average Bonchev–Trinajstić information content (AvgIpc) is 3.06. The van der Waals surface area contributed by atoms with E-state index in [1.54, 1.807) is 24.4 Å². The number of pyridine rings is 1. The van der Waals surface area contributed by atoms with E-state index in [1.165, 1.54) is 0 Å². The molecule has 0 amide bonds. The average molecular weight is 451 g/mol. The van der Waals surface area contributed by atoms with E-state index >= 15 is 0 Å². The fourth-order valence-corrected chi connectivity index (χ4v) is 4.22. The van der Waals surface area contributed by atoms with Crippen LogP contribution < -0.4 is 5.69 Å². The maximum absolute atomic E-state index is 13.1. The molecule has 0 spiro atoms. The van der Waals surface area contributed by atoms with Crippen LogP contribution in [-0.4, -0.2) is 32.5 Å². The first kappa shape index (κ1) is 19.7. The molecule has 2 aromatic heterocycles. The highest BCUT2D eigenvalue weighted by Gasteiger charge is 2.27. The second-order valence-electron chi connectivity index (χ2n) is 7.43. The number of hydrogen-bond acceptors (Lipinski definition) is 4. The molecular formula is C23H16Cl2N4O2. The second kappa shape index (κ2) is 7.80. The van der Waals surface area contributed by atoms with E-state index < -0.39 is 6.04 Å². The van der Waals surface area contributed by atoms with Crippen LogP contribution in [0, 0.1) is 0 Å². The zero-order valence-corrected chi connectivity index (χ0v) is 17.7. The van der Waals surface area contributed by atoms with Crippen LogP contribution in [0.4, 0.5) is 0 Å². The largest absolute Gasteiger partial charge is 0.325 e. The first-order valence-electron chi connectivity index (χ1n) is 9.69. The van der Waals surface area contributed by atoms with Gasteiger partial charge in [-0.25, -0.2) is 9.78 Å². The van der Waals surface area contributed by atoms with Gasteiger partial charge < -0.3 is 4.98 Å². The number of halogens is 2. The summed E-state index contributed by atoms with van der Waals surface area (Å²) in [5.41, 5.74) is 4.46. The number of hydrogen-bond donors (Lipinski definition) is 2. The molecule has 0 fully saturated rings. The van der Waals surface area contributed by atoms with Crippen molar-refractivity contribution in [3.05, 3.63) is 97.5 Å². The summed E-state index contributed by atoms with van der Waals surface area (Å²) >= 11 is 12.6. The molecule has 5 rings (SSSR count). The summed E-state index contributed by atoms with van der Waals surface area (Å²) in [6.45, 7) is 0. The van der Waals surface area contributed by atoms with Crippen LogP contribution in [0.25, 0.3) is 11.2 Å². The highest BCUT2D eigenvalue weighted by Crippen LogP contribution is 2.27. The number of H-pyrrole nitrogens is 2. The van der Waals surface area contributed by atoms with E-state index in [0.717, 1.165) is 16.7 Å². The van der Waals surface area contributed by atoms with Gasteiger partial charge in [-0.05, 0) is 35.4 Å². The van der Waals surface area contributed by atoms with Crippen molar-refractivity contribution in [3.8, 4) is 0 Å². The number of nitrogens with one attached hydrogen (secondary N) is 2. The summed E-state index contributed by atoms with van der Waals surface area (Å²) in [6.07, 6.45) is 2.27. The predicted molar refractivity (Wildman–Crippen MR) is 121 cm³/mol. The molecule has 2 N–H and O–H groups in total. The molecule has 8 heteroatoms. The minimum atomic E-state index is -0.609. The van der Waals surface area contributed by atoms with Gasteiger partial charge in [-0.2, -0.15) is 0 Å². The van der Waals surface area contributed by atoms with Crippen LogP contribution in [-0.2, 0) is 17.6 Å². The Balaban J connectivity index is 1.67. The first-order valence-corrected chi connectivity index (χ1v) is 10.4. The number of nitrogens with zero attached hydrogens (tertiary/aromatic N) is 2. The van der Waals surface area contributed by atoms with Gasteiger partial charge >= 0.3 is 5.69 Å². The van der Waals surface area contributed by atoms with Crippen molar-refractivity contribution in [2.75, 3.05) is 0 Å². The van der Waals surface area contributed by atoms with Crippen LogP contribution in [0.3, 0.4) is 0 Å². The molecule has 0 saturated heterocycles. The Morgan fingerprint density at radius 1 is 1.03 bits per heavy atom. The summed E-state index contributed by atoms with van der Waals surface area (Å²) < 4.78 is 0. The number of aliphatic imine (C=N–C) groups is 1. The van der Waals surface area contributed by atoms with Crippen LogP contribution >= 0.6 is 23.2 Å². The number of rotatable bonds is 3. The topological polar surface area (TPSA) is 91.0 Å². The monoisotopic (exact) mass is 450 g/mol. The smallest absolute Gasteiger partial charge is 0.304 e. The highest BCUT2D eigenvalue weighted by atomic mass is 35.5. The van der Waals surface area contributed by atoms with Crippen LogP contribution in [0.2, 0.25) is 10.0 Å². The van der Waals surface area contributed by atoms with E-state index in [1.807, 2.05) is 30.3 Å². The Bertz CT molecular complexity index is 1420. The van der Waals surface area contributed by atoms with Crippen molar-refractivity contribution in [2.45, 2.75) is 18.9 Å². The first-order chi connectivity index (χ1) is 15.0. The van der Waals surface area contributed by atoms with Crippen molar-refractivity contribution in [1.82, 2.24) is 15.0 Å². The number of fused-ring (bicyclic) bond motifs is 2. The molecule has 154 valence electrons. The summed E-state index contributed by atoms with van der Waals surface area (Å²) in [6, 6.07) is 14.1. The third kappa shape index (κ3) is 3.80. The lowest BCUT2D eigenvalue weighted by Crippen LogP contribution is -2.23. The summed E-state index contributed by atoms with van der Waals surface area (Å²) in [4.78, 5) is 39.3. The van der Waals surface area contributed by atoms with Crippen molar-refractivity contribution in [2.24, 2.45) is 4.99 Å². The Morgan fingerprint density at radius 3 is 2.71 bits per heavy atom. The molecule has 31 heavy (non-hydrogen) atoms. The molecular weight excluding hydrogens is 435 g/mol. The second-order valence-corrected chi connectivity index (χ2v) is 8.28. The SMILES string of the molecule is O=C1Cc2ccc(Cl)cc2C(c2cnc3[nH]c(=O)[nH]c3c2)=NC1Cc1ccccc1Cl. The number of carbonyl (C=O) groups is 1. The molecule has 4 aromatic rings. The summed E-state index contributed by atoms with van der Waals surface area (Å²) in [5.74, 6) is 0.00239. The minimum absolute atomic E-state index is 0.00239. The van der Waals surface area contributed by atoms with Gasteiger partial charge in [-0.3, -0.25) is 14.8 Å². The standard InChI is InChI=1S/C23H16Cl2N4O2/c24-15-6-5-12-9-20(30)18(7-13-3-1-2-4-17(13)25)27-21(16(12)10-15)14-8-19-22(26-11-14)29-23(31)28-19/h1-6,8,10-11,18H,7,9H2,(H2,26,28,29,31). The van der Waals surface area contributed by atoms with Gasteiger partial charge in [0.25, 0.3) is 0 Å². The number of aromatic nitrogens is 3. The number of carbonyl (C=O) groups excluding carboxylic acids is 1. The molecule has 1 aliphatic heterocycles. The molecule has 0 radical (unpaired) electrons. The summed E-state index contributed by atoms with van der Waals surface area (Å²) in [5, 5.41) is 1.15. The van der Waals surface area contributed by atoms with Gasteiger partial charge in [0.15, 0.2) is 11.4 Å². The number of imidazole rings is 1. The Kier molecular flexibility index (Phi) is 4.96. The molecule has 1 aliphatic rings. The summed E-state index contributed by atoms with van der Waals surface area (Å²) in [7, 11) is 0. The molecule has 6 nitrogen and oxygen atoms in total. The van der Waals surface area contributed by atoms with Gasteiger partial charge in [-0.15, -0.1) is 0 Å². The highest BCUT2D eigenvalue weighted by molar-refractivity contribution is 6.32. The van der Waals surface area contributed by atoms with E-state index in [-0.39, 0.29) is 17.9 Å². The van der Waals surface area contributed by atoms with Crippen LogP contribution in [0.15, 0.2) is 64.5 Å². The Morgan fingerprint density at radius 2 is 1.87 bits per heavy atom. The fourth-order valence-electron chi connectivity index (χ4n) is 3.84. The lowest BCUT2D eigenvalue weighted by atomic mass is 9.95. The van der Waals surface area contributed by atoms with E-state index in [9.17, 15) is 9.59 Å². The normalized spacial score (nSPS) is 16.1. The maximum atomic E-state index is 13.1. The number of Topliss-reactive ketones (excluding diaryl/α,β-unsaturated/α-hetero) is 1. The van der Waals surface area contributed by atoms with Gasteiger partial charge in [0.2, 0.25) is 0 Å². The third-order valence-electron chi connectivity index (χ3n) is 5.36. The number of ketones is 1. The molecule has 0 saturated carbocycles. The Labute approximate surface area is 187 Å². The van der Waals surface area contributed by atoms with E-state index in [4.69, 9.17) is 28.2 Å².